The Morgan fingerprint density at radius 2 is 1.43 bits per heavy atom. The molecule has 10 nitrogen and oxygen atoms in total. The fraction of sp³-hybridized carbons (Fsp3) is 0.444. The Hall–Kier alpha value is -2.98. The molecule has 1 rings (SSSR count). The molecule has 4 unspecified atom stereocenters. The maximum atomic E-state index is 12.2. The monoisotopic (exact) mass is 394 g/mol. The maximum Gasteiger partial charge on any atom is 0.328 e. The molecule has 0 bridgehead atoms. The first-order valence-corrected chi connectivity index (χ1v) is 8.70. The fourth-order valence-corrected chi connectivity index (χ4v) is 2.23. The van der Waals surface area contributed by atoms with E-state index in [1.54, 1.807) is 0 Å². The summed E-state index contributed by atoms with van der Waals surface area (Å²) in [5, 5.41) is 24.6. The standard InChI is InChI=1S/C18H26N4O6/c1-10(21-17(26)13(19)8-12-6-4-3-5-7-12)15(24)20-11(2)16(25)22-14(9-23)18(27)28/h3-7,10-11,13-14,23H,8-9,19H2,1-2H3,(H,20,24)(H,21,26)(H,22,25)(H,27,28). The van der Waals surface area contributed by atoms with Crippen LogP contribution in [0.4, 0.5) is 0 Å². The average molecular weight is 394 g/mol. The van der Waals surface area contributed by atoms with Gasteiger partial charge in [-0.2, -0.15) is 0 Å². The van der Waals surface area contributed by atoms with Crippen LogP contribution in [0.5, 0.6) is 0 Å². The second-order valence-electron chi connectivity index (χ2n) is 6.34. The molecule has 7 N–H and O–H groups in total. The van der Waals surface area contributed by atoms with E-state index in [4.69, 9.17) is 15.9 Å². The summed E-state index contributed by atoms with van der Waals surface area (Å²) in [5.74, 6) is -3.34. The molecule has 0 spiro atoms. The number of hydrogen-bond acceptors (Lipinski definition) is 6. The van der Waals surface area contributed by atoms with Crippen molar-refractivity contribution in [2.24, 2.45) is 5.73 Å². The van der Waals surface area contributed by atoms with Gasteiger partial charge >= 0.3 is 5.97 Å². The van der Waals surface area contributed by atoms with Gasteiger partial charge in [0.05, 0.1) is 12.6 Å². The Morgan fingerprint density at radius 1 is 0.929 bits per heavy atom. The molecule has 0 aliphatic carbocycles. The average Bonchev–Trinajstić information content (AvgIpc) is 2.65. The van der Waals surface area contributed by atoms with E-state index < -0.39 is 54.5 Å². The molecular formula is C18H26N4O6. The largest absolute Gasteiger partial charge is 0.480 e. The van der Waals surface area contributed by atoms with Crippen LogP contribution in [0.1, 0.15) is 19.4 Å². The first kappa shape index (κ1) is 23.1. The number of carbonyl (C=O) groups excluding carboxylic acids is 3. The third kappa shape index (κ3) is 7.33. The predicted molar refractivity (Wildman–Crippen MR) is 100.0 cm³/mol. The molecule has 0 aliphatic heterocycles. The molecule has 0 saturated carbocycles. The van der Waals surface area contributed by atoms with Crippen LogP contribution in [0.3, 0.4) is 0 Å². The van der Waals surface area contributed by atoms with Crippen LogP contribution in [-0.2, 0) is 25.6 Å². The molecule has 0 aliphatic rings. The molecule has 154 valence electrons. The molecule has 0 aromatic heterocycles. The predicted octanol–water partition coefficient (Wildman–Crippen LogP) is -1.87. The Balaban J connectivity index is 2.51. The van der Waals surface area contributed by atoms with E-state index >= 15 is 0 Å². The summed E-state index contributed by atoms with van der Waals surface area (Å²) >= 11 is 0. The smallest absolute Gasteiger partial charge is 0.328 e. The molecule has 1 aromatic carbocycles. The van der Waals surface area contributed by atoms with Gasteiger partial charge in [-0.1, -0.05) is 30.3 Å². The molecule has 0 fully saturated rings. The van der Waals surface area contributed by atoms with Crippen molar-refractivity contribution in [3.8, 4) is 0 Å². The minimum absolute atomic E-state index is 0.303. The first-order valence-electron chi connectivity index (χ1n) is 8.70. The van der Waals surface area contributed by atoms with Gasteiger partial charge in [0.1, 0.15) is 18.1 Å². The summed E-state index contributed by atoms with van der Waals surface area (Å²) in [6.07, 6.45) is 0.303. The number of carboxylic acids is 1. The molecule has 28 heavy (non-hydrogen) atoms. The van der Waals surface area contributed by atoms with Crippen molar-refractivity contribution in [3.63, 3.8) is 0 Å². The molecule has 0 heterocycles. The number of aliphatic hydroxyl groups excluding tert-OH is 1. The minimum Gasteiger partial charge on any atom is -0.480 e. The highest BCUT2D eigenvalue weighted by Crippen LogP contribution is 2.02. The minimum atomic E-state index is -1.47. The van der Waals surface area contributed by atoms with E-state index in [2.05, 4.69) is 16.0 Å². The van der Waals surface area contributed by atoms with Gasteiger partial charge in [-0.05, 0) is 25.8 Å². The molecule has 1 aromatic rings. The highest BCUT2D eigenvalue weighted by Gasteiger charge is 2.26. The van der Waals surface area contributed by atoms with Crippen LogP contribution >= 0.6 is 0 Å². The van der Waals surface area contributed by atoms with Crippen molar-refractivity contribution in [2.75, 3.05) is 6.61 Å². The second-order valence-corrected chi connectivity index (χ2v) is 6.34. The Morgan fingerprint density at radius 3 is 1.93 bits per heavy atom. The van der Waals surface area contributed by atoms with E-state index in [-0.39, 0.29) is 0 Å². The molecule has 0 saturated heterocycles. The third-order valence-electron chi connectivity index (χ3n) is 3.94. The number of carbonyl (C=O) groups is 4. The Kier molecular flexibility index (Phi) is 9.06. The lowest BCUT2D eigenvalue weighted by Crippen LogP contribution is -2.56. The van der Waals surface area contributed by atoms with Gasteiger partial charge in [-0.15, -0.1) is 0 Å². The van der Waals surface area contributed by atoms with Crippen molar-refractivity contribution in [1.82, 2.24) is 16.0 Å². The first-order chi connectivity index (χ1) is 13.1. The van der Waals surface area contributed by atoms with E-state index in [0.717, 1.165) is 5.56 Å². The van der Waals surface area contributed by atoms with Crippen LogP contribution in [0.15, 0.2) is 30.3 Å². The van der Waals surface area contributed by atoms with Crippen LogP contribution in [0, 0.1) is 0 Å². The van der Waals surface area contributed by atoms with Crippen LogP contribution in [0.25, 0.3) is 0 Å². The summed E-state index contributed by atoms with van der Waals surface area (Å²) in [4.78, 5) is 47.0. The maximum absolute atomic E-state index is 12.2. The number of rotatable bonds is 10. The lowest BCUT2D eigenvalue weighted by molar-refractivity contribution is -0.143. The number of nitrogens with one attached hydrogen (secondary N) is 3. The highest BCUT2D eigenvalue weighted by atomic mass is 16.4. The fourth-order valence-electron chi connectivity index (χ4n) is 2.23. The zero-order valence-electron chi connectivity index (χ0n) is 15.7. The van der Waals surface area contributed by atoms with Gasteiger partial charge in [0.25, 0.3) is 0 Å². The number of benzene rings is 1. The number of aliphatic hydroxyl groups is 1. The number of hydrogen-bond donors (Lipinski definition) is 6. The second kappa shape index (κ2) is 11.0. The van der Waals surface area contributed by atoms with Gasteiger partial charge in [0.15, 0.2) is 0 Å². The summed E-state index contributed by atoms with van der Waals surface area (Å²) in [5.41, 5.74) is 6.74. The van der Waals surface area contributed by atoms with Gasteiger partial charge in [-0.3, -0.25) is 14.4 Å². The van der Waals surface area contributed by atoms with E-state index in [0.29, 0.717) is 6.42 Å². The summed E-state index contributed by atoms with van der Waals surface area (Å²) < 4.78 is 0. The van der Waals surface area contributed by atoms with E-state index in [1.165, 1.54) is 13.8 Å². The zero-order valence-corrected chi connectivity index (χ0v) is 15.7. The molecule has 4 atom stereocenters. The molecule has 0 radical (unpaired) electrons. The van der Waals surface area contributed by atoms with Crippen molar-refractivity contribution >= 4 is 23.7 Å². The lowest BCUT2D eigenvalue weighted by atomic mass is 10.1. The van der Waals surface area contributed by atoms with Crippen LogP contribution in [0.2, 0.25) is 0 Å². The highest BCUT2D eigenvalue weighted by molar-refractivity contribution is 5.93. The lowest BCUT2D eigenvalue weighted by Gasteiger charge is -2.21. The van der Waals surface area contributed by atoms with Gasteiger partial charge < -0.3 is 31.9 Å². The zero-order chi connectivity index (χ0) is 21.3. The molecule has 10 heteroatoms. The Bertz CT molecular complexity index is 697. The van der Waals surface area contributed by atoms with Crippen LogP contribution in [-0.4, -0.2) is 64.7 Å². The SMILES string of the molecule is CC(NC(=O)C(N)Cc1ccccc1)C(=O)NC(C)C(=O)NC(CO)C(=O)O. The molecular weight excluding hydrogens is 368 g/mol. The number of carboxylic acid groups (broad SMARTS) is 1. The number of aliphatic carboxylic acids is 1. The Labute approximate surface area is 162 Å². The van der Waals surface area contributed by atoms with Crippen molar-refractivity contribution in [2.45, 2.75) is 44.4 Å². The number of amides is 3. The van der Waals surface area contributed by atoms with Crippen molar-refractivity contribution in [1.29, 1.82) is 0 Å². The third-order valence-corrected chi connectivity index (χ3v) is 3.94. The van der Waals surface area contributed by atoms with Crippen molar-refractivity contribution in [3.05, 3.63) is 35.9 Å². The number of nitrogens with two attached hydrogens (primary N) is 1. The summed E-state index contributed by atoms with van der Waals surface area (Å²) in [6.45, 7) is 1.99. The normalized spacial score (nSPS) is 14.9. The van der Waals surface area contributed by atoms with Gasteiger partial charge in [0.2, 0.25) is 17.7 Å². The summed E-state index contributed by atoms with van der Waals surface area (Å²) in [7, 11) is 0. The quantitative estimate of drug-likeness (QED) is 0.270. The molecule has 3 amide bonds. The van der Waals surface area contributed by atoms with E-state index in [9.17, 15) is 19.2 Å². The van der Waals surface area contributed by atoms with E-state index in [1.807, 2.05) is 30.3 Å². The van der Waals surface area contributed by atoms with Crippen LogP contribution < -0.4 is 21.7 Å². The topological polar surface area (TPSA) is 171 Å². The van der Waals surface area contributed by atoms with Crippen molar-refractivity contribution < 1.29 is 29.4 Å². The van der Waals surface area contributed by atoms with Gasteiger partial charge in [-0.25, -0.2) is 4.79 Å². The van der Waals surface area contributed by atoms with Gasteiger partial charge in [0, 0.05) is 0 Å². The summed E-state index contributed by atoms with van der Waals surface area (Å²) in [6, 6.07) is 4.82.